The van der Waals surface area contributed by atoms with E-state index in [-0.39, 0.29) is 22.5 Å². The first-order valence-corrected chi connectivity index (χ1v) is 10.0. The van der Waals surface area contributed by atoms with Crippen molar-refractivity contribution in [3.8, 4) is 5.75 Å². The fourth-order valence-electron chi connectivity index (χ4n) is 4.48. The van der Waals surface area contributed by atoms with E-state index in [2.05, 4.69) is 10.5 Å². The number of ketones is 1. The van der Waals surface area contributed by atoms with Gasteiger partial charge in [0.15, 0.2) is 5.78 Å². The van der Waals surface area contributed by atoms with Crippen LogP contribution in [-0.2, 0) is 4.79 Å². The highest BCUT2D eigenvalue weighted by Gasteiger charge is 2.41. The van der Waals surface area contributed by atoms with Crippen molar-refractivity contribution >= 4 is 23.3 Å². The number of rotatable bonds is 2. The number of aromatic hydroxyl groups is 1. The second-order valence-electron chi connectivity index (χ2n) is 7.75. The van der Waals surface area contributed by atoms with Crippen LogP contribution in [0.15, 0.2) is 58.3 Å². The lowest BCUT2D eigenvalue weighted by Crippen LogP contribution is -2.29. The van der Waals surface area contributed by atoms with Gasteiger partial charge in [0.25, 0.3) is 0 Å². The molecule has 0 radical (unpaired) electrons. The van der Waals surface area contributed by atoms with E-state index in [1.54, 1.807) is 25.1 Å². The van der Waals surface area contributed by atoms with Crippen molar-refractivity contribution in [2.45, 2.75) is 31.6 Å². The summed E-state index contributed by atoms with van der Waals surface area (Å²) in [5.74, 6) is -0.377. The van der Waals surface area contributed by atoms with Gasteiger partial charge in [-0.25, -0.2) is 4.39 Å². The average Bonchev–Trinajstić information content (AvgIpc) is 3.09. The summed E-state index contributed by atoms with van der Waals surface area (Å²) in [6.45, 7) is 1.81. The second kappa shape index (κ2) is 6.99. The second-order valence-corrected chi connectivity index (χ2v) is 8.16. The number of nitrogens with zero attached hydrogens (tertiary/aromatic N) is 1. The van der Waals surface area contributed by atoms with Crippen LogP contribution < -0.4 is 5.32 Å². The average molecular weight is 425 g/mol. The summed E-state index contributed by atoms with van der Waals surface area (Å²) in [6, 6.07) is 11.5. The van der Waals surface area contributed by atoms with Gasteiger partial charge in [-0.15, -0.1) is 0 Å². The molecule has 152 valence electrons. The summed E-state index contributed by atoms with van der Waals surface area (Å²) in [4.78, 5) is 13.3. The number of anilines is 1. The summed E-state index contributed by atoms with van der Waals surface area (Å²) in [5, 5.41) is 16.9. The minimum absolute atomic E-state index is 0.00608. The van der Waals surface area contributed by atoms with E-state index in [0.717, 1.165) is 16.8 Å². The van der Waals surface area contributed by atoms with E-state index in [9.17, 15) is 14.3 Å². The molecule has 3 aromatic rings. The predicted octanol–water partition coefficient (Wildman–Crippen LogP) is 5.44. The van der Waals surface area contributed by atoms with Gasteiger partial charge in [0.1, 0.15) is 11.6 Å². The number of nitrogens with one attached hydrogen (secondary N) is 1. The van der Waals surface area contributed by atoms with E-state index >= 15 is 0 Å². The molecule has 5 nitrogen and oxygen atoms in total. The van der Waals surface area contributed by atoms with Gasteiger partial charge in [0, 0.05) is 23.6 Å². The van der Waals surface area contributed by atoms with E-state index in [1.165, 1.54) is 12.1 Å². The third-order valence-corrected chi connectivity index (χ3v) is 6.21. The zero-order valence-electron chi connectivity index (χ0n) is 16.1. The van der Waals surface area contributed by atoms with Crippen molar-refractivity contribution in [3.05, 3.63) is 87.0 Å². The molecule has 30 heavy (non-hydrogen) atoms. The first-order valence-electron chi connectivity index (χ1n) is 9.65. The Kier molecular flexibility index (Phi) is 4.40. The highest BCUT2D eigenvalue weighted by Crippen LogP contribution is 2.49. The van der Waals surface area contributed by atoms with Crippen LogP contribution in [0.1, 0.15) is 47.1 Å². The molecule has 0 saturated heterocycles. The van der Waals surface area contributed by atoms with E-state index in [4.69, 9.17) is 16.1 Å². The monoisotopic (exact) mass is 424 g/mol. The SMILES string of the molecule is Cc1noc2c1[C@H](c1ccc(Cl)c(F)c1)C1=C(C[C@@H](c3ccc(O)cc3)CC1=O)N2. The molecule has 0 fully saturated rings. The Balaban J connectivity index is 1.62. The molecule has 1 aliphatic heterocycles. The number of hydrogen-bond donors (Lipinski definition) is 2. The van der Waals surface area contributed by atoms with Gasteiger partial charge in [-0.1, -0.05) is 35.0 Å². The number of carbonyl (C=O) groups excluding carboxylic acids is 1. The number of Topliss-reactive ketones (excluding diaryl/α,β-unsaturated/α-hetero) is 1. The maximum atomic E-state index is 14.3. The third-order valence-electron chi connectivity index (χ3n) is 5.90. The largest absolute Gasteiger partial charge is 0.508 e. The zero-order chi connectivity index (χ0) is 21.0. The topological polar surface area (TPSA) is 75.4 Å². The zero-order valence-corrected chi connectivity index (χ0v) is 16.8. The number of fused-ring (bicyclic) bond motifs is 1. The van der Waals surface area contributed by atoms with Crippen molar-refractivity contribution in [1.29, 1.82) is 0 Å². The highest BCUT2D eigenvalue weighted by molar-refractivity contribution is 6.30. The van der Waals surface area contributed by atoms with Crippen LogP contribution in [0.4, 0.5) is 10.3 Å². The van der Waals surface area contributed by atoms with Crippen LogP contribution >= 0.6 is 11.6 Å². The van der Waals surface area contributed by atoms with E-state index in [0.29, 0.717) is 35.6 Å². The Labute approximate surface area is 177 Å². The van der Waals surface area contributed by atoms with Crippen molar-refractivity contribution < 1.29 is 18.8 Å². The van der Waals surface area contributed by atoms with Gasteiger partial charge in [-0.2, -0.15) is 0 Å². The lowest BCUT2D eigenvalue weighted by Gasteiger charge is -2.34. The smallest absolute Gasteiger partial charge is 0.233 e. The third kappa shape index (κ3) is 2.99. The molecule has 2 N–H and O–H groups in total. The fraction of sp³-hybridized carbons (Fsp3) is 0.217. The molecule has 2 heterocycles. The summed E-state index contributed by atoms with van der Waals surface area (Å²) in [5.41, 5.74) is 4.38. The van der Waals surface area contributed by atoms with Crippen LogP contribution in [-0.4, -0.2) is 16.0 Å². The molecule has 5 rings (SSSR count). The highest BCUT2D eigenvalue weighted by atomic mass is 35.5. The lowest BCUT2D eigenvalue weighted by molar-refractivity contribution is -0.116. The summed E-state index contributed by atoms with van der Waals surface area (Å²) >= 11 is 5.88. The molecule has 0 spiro atoms. The minimum Gasteiger partial charge on any atom is -0.508 e. The van der Waals surface area contributed by atoms with E-state index in [1.807, 2.05) is 12.1 Å². The summed E-state index contributed by atoms with van der Waals surface area (Å²) in [6.07, 6.45) is 0.926. The number of allylic oxidation sites excluding steroid dienone is 2. The van der Waals surface area contributed by atoms with Gasteiger partial charge in [-0.05, 0) is 54.7 Å². The van der Waals surface area contributed by atoms with Crippen LogP contribution in [0, 0.1) is 12.7 Å². The first kappa shape index (κ1) is 18.9. The van der Waals surface area contributed by atoms with Crippen LogP contribution in [0.3, 0.4) is 0 Å². The maximum absolute atomic E-state index is 14.3. The quantitative estimate of drug-likeness (QED) is 0.573. The number of carbonyl (C=O) groups is 1. The first-order chi connectivity index (χ1) is 14.4. The summed E-state index contributed by atoms with van der Waals surface area (Å²) < 4.78 is 19.7. The Morgan fingerprint density at radius 1 is 1.17 bits per heavy atom. The molecular weight excluding hydrogens is 407 g/mol. The van der Waals surface area contributed by atoms with Gasteiger partial charge >= 0.3 is 0 Å². The molecule has 0 bridgehead atoms. The minimum atomic E-state index is -0.532. The maximum Gasteiger partial charge on any atom is 0.233 e. The van der Waals surface area contributed by atoms with Gasteiger partial charge in [-0.3, -0.25) is 4.79 Å². The van der Waals surface area contributed by atoms with Gasteiger partial charge < -0.3 is 14.9 Å². The Bertz CT molecular complexity index is 1200. The summed E-state index contributed by atoms with van der Waals surface area (Å²) in [7, 11) is 0. The normalized spacial score (nSPS) is 20.6. The van der Waals surface area contributed by atoms with Crippen molar-refractivity contribution in [1.82, 2.24) is 5.16 Å². The molecule has 7 heteroatoms. The molecule has 2 aliphatic rings. The van der Waals surface area contributed by atoms with Crippen LogP contribution in [0.25, 0.3) is 0 Å². The Morgan fingerprint density at radius 3 is 2.63 bits per heavy atom. The number of phenols is 1. The number of halogens is 2. The van der Waals surface area contributed by atoms with Gasteiger partial charge in [0.2, 0.25) is 5.88 Å². The number of phenolic OH excluding ortho intramolecular Hbond substituents is 1. The number of benzene rings is 2. The molecule has 0 unspecified atom stereocenters. The predicted molar refractivity (Wildman–Crippen MR) is 110 cm³/mol. The molecule has 1 aliphatic carbocycles. The molecular formula is C23H18ClFN2O3. The van der Waals surface area contributed by atoms with Gasteiger partial charge in [0.05, 0.1) is 16.3 Å². The molecule has 1 aromatic heterocycles. The Morgan fingerprint density at radius 2 is 1.90 bits per heavy atom. The Hall–Kier alpha value is -3.12. The lowest BCUT2D eigenvalue weighted by atomic mass is 9.72. The number of aromatic nitrogens is 1. The van der Waals surface area contributed by atoms with Crippen molar-refractivity contribution in [2.24, 2.45) is 0 Å². The van der Waals surface area contributed by atoms with Crippen molar-refractivity contribution in [2.75, 3.05) is 5.32 Å². The van der Waals surface area contributed by atoms with Crippen LogP contribution in [0.2, 0.25) is 5.02 Å². The van der Waals surface area contributed by atoms with Crippen LogP contribution in [0.5, 0.6) is 5.75 Å². The number of aryl methyl sites for hydroxylation is 1. The molecule has 2 atom stereocenters. The fourth-order valence-corrected chi connectivity index (χ4v) is 4.60. The van der Waals surface area contributed by atoms with E-state index < -0.39 is 11.7 Å². The standard InChI is InChI=1S/C23H18ClFN2O3/c1-11-20-21(13-4-7-16(24)17(25)8-13)22-18(26-23(20)30-27-11)9-14(10-19(22)29)12-2-5-15(28)6-3-12/h2-8,14,21,26,28H,9-10H2,1H3/t14-,21+/m1/s1. The number of hydrogen-bond acceptors (Lipinski definition) is 5. The van der Waals surface area contributed by atoms with Crippen molar-refractivity contribution in [3.63, 3.8) is 0 Å². The molecule has 2 aromatic carbocycles. The molecule has 0 amide bonds. The molecule has 0 saturated carbocycles.